The van der Waals surface area contributed by atoms with E-state index in [0.29, 0.717) is 0 Å². The molecule has 2 rings (SSSR count). The summed E-state index contributed by atoms with van der Waals surface area (Å²) in [7, 11) is 4.15. The Balaban J connectivity index is 1.82. The summed E-state index contributed by atoms with van der Waals surface area (Å²) in [5, 5.41) is 3.66. The maximum atomic E-state index is 3.66. The molecule has 1 aromatic rings. The third kappa shape index (κ3) is 3.93. The second-order valence-electron chi connectivity index (χ2n) is 4.83. The van der Waals surface area contributed by atoms with Crippen LogP contribution in [0.4, 0.5) is 5.69 Å². The number of anilines is 1. The van der Waals surface area contributed by atoms with Gasteiger partial charge >= 0.3 is 0 Å². The summed E-state index contributed by atoms with van der Waals surface area (Å²) >= 11 is 2.08. The molecule has 1 heterocycles. The van der Waals surface area contributed by atoms with Crippen molar-refractivity contribution in [1.29, 1.82) is 0 Å². The minimum Gasteiger partial charge on any atom is -0.378 e. The smallest absolute Gasteiger partial charge is 0.0361 e. The molecule has 0 spiro atoms. The summed E-state index contributed by atoms with van der Waals surface area (Å²) in [5.41, 5.74) is 2.65. The van der Waals surface area contributed by atoms with Crippen molar-refractivity contribution >= 4 is 17.4 Å². The first kappa shape index (κ1) is 12.8. The summed E-state index contributed by atoms with van der Waals surface area (Å²) in [6, 6.07) is 9.55. The van der Waals surface area contributed by atoms with Crippen LogP contribution < -0.4 is 10.2 Å². The molecule has 0 radical (unpaired) electrons. The van der Waals surface area contributed by atoms with Crippen molar-refractivity contribution in [1.82, 2.24) is 5.32 Å². The van der Waals surface area contributed by atoms with E-state index in [1.54, 1.807) is 0 Å². The van der Waals surface area contributed by atoms with Gasteiger partial charge in [0.2, 0.25) is 0 Å². The van der Waals surface area contributed by atoms with Crippen LogP contribution in [-0.2, 0) is 6.54 Å². The molecule has 0 aromatic heterocycles. The number of hydrogen-bond acceptors (Lipinski definition) is 3. The Morgan fingerprint density at radius 1 is 1.18 bits per heavy atom. The Kier molecular flexibility index (Phi) is 4.75. The lowest BCUT2D eigenvalue weighted by atomic mass is 10.1. The topological polar surface area (TPSA) is 15.3 Å². The highest BCUT2D eigenvalue weighted by Gasteiger charge is 2.12. The van der Waals surface area contributed by atoms with Crippen molar-refractivity contribution in [3.63, 3.8) is 0 Å². The fourth-order valence-electron chi connectivity index (χ4n) is 2.08. The first-order chi connectivity index (χ1) is 8.25. The molecule has 0 unspecified atom stereocenters. The van der Waals surface area contributed by atoms with Crippen LogP contribution in [-0.4, -0.2) is 31.6 Å². The molecule has 0 aliphatic carbocycles. The Morgan fingerprint density at radius 3 is 2.41 bits per heavy atom. The molecule has 2 nitrogen and oxygen atoms in total. The van der Waals surface area contributed by atoms with Gasteiger partial charge in [0.05, 0.1) is 0 Å². The van der Waals surface area contributed by atoms with Crippen molar-refractivity contribution in [3.05, 3.63) is 29.8 Å². The molecule has 0 amide bonds. The first-order valence-electron chi connectivity index (χ1n) is 6.33. The van der Waals surface area contributed by atoms with Crippen molar-refractivity contribution in [2.75, 3.05) is 30.5 Å². The molecule has 0 atom stereocenters. The van der Waals surface area contributed by atoms with Crippen LogP contribution in [0.2, 0.25) is 0 Å². The van der Waals surface area contributed by atoms with Crippen LogP contribution in [0.5, 0.6) is 0 Å². The van der Waals surface area contributed by atoms with E-state index in [0.717, 1.165) is 12.6 Å². The van der Waals surface area contributed by atoms with E-state index in [1.807, 2.05) is 0 Å². The second-order valence-corrected chi connectivity index (χ2v) is 6.05. The molecule has 1 fully saturated rings. The summed E-state index contributed by atoms with van der Waals surface area (Å²) in [6.07, 6.45) is 2.64. The number of benzene rings is 1. The van der Waals surface area contributed by atoms with Crippen LogP contribution in [0.3, 0.4) is 0 Å². The van der Waals surface area contributed by atoms with Gasteiger partial charge in [-0.25, -0.2) is 0 Å². The van der Waals surface area contributed by atoms with E-state index in [9.17, 15) is 0 Å². The van der Waals surface area contributed by atoms with Crippen molar-refractivity contribution < 1.29 is 0 Å². The zero-order valence-corrected chi connectivity index (χ0v) is 11.6. The molecule has 17 heavy (non-hydrogen) atoms. The predicted octanol–water partition coefficient (Wildman–Crippen LogP) is 2.74. The van der Waals surface area contributed by atoms with Crippen LogP contribution in [0.25, 0.3) is 0 Å². The van der Waals surface area contributed by atoms with Gasteiger partial charge < -0.3 is 10.2 Å². The summed E-state index contributed by atoms with van der Waals surface area (Å²) < 4.78 is 0. The summed E-state index contributed by atoms with van der Waals surface area (Å²) in [5.74, 6) is 2.63. The van der Waals surface area contributed by atoms with Crippen molar-refractivity contribution in [2.24, 2.45) is 0 Å². The van der Waals surface area contributed by atoms with E-state index in [-0.39, 0.29) is 0 Å². The Labute approximate surface area is 109 Å². The molecule has 3 heteroatoms. The Hall–Kier alpha value is -0.670. The van der Waals surface area contributed by atoms with Gasteiger partial charge in [-0.2, -0.15) is 11.8 Å². The molecule has 1 aliphatic heterocycles. The van der Waals surface area contributed by atoms with E-state index in [1.165, 1.54) is 35.6 Å². The Morgan fingerprint density at radius 2 is 1.82 bits per heavy atom. The fraction of sp³-hybridized carbons (Fsp3) is 0.571. The van der Waals surface area contributed by atoms with Gasteiger partial charge in [-0.1, -0.05) is 12.1 Å². The molecule has 1 aromatic carbocycles. The maximum absolute atomic E-state index is 3.66. The standard InChI is InChI=1S/C14H22N2S/c1-16(2)14-5-3-12(4-6-14)11-15-13-7-9-17-10-8-13/h3-6,13,15H,7-11H2,1-2H3. The lowest BCUT2D eigenvalue weighted by molar-refractivity contribution is 0.482. The van der Waals surface area contributed by atoms with E-state index < -0.39 is 0 Å². The highest BCUT2D eigenvalue weighted by Crippen LogP contribution is 2.18. The average molecular weight is 250 g/mol. The van der Waals surface area contributed by atoms with Gasteiger partial charge in [0.25, 0.3) is 0 Å². The molecule has 0 bridgehead atoms. The van der Waals surface area contributed by atoms with Gasteiger partial charge in [0.1, 0.15) is 0 Å². The molecular weight excluding hydrogens is 228 g/mol. The molecular formula is C14H22N2S. The third-order valence-corrected chi connectivity index (χ3v) is 4.32. The number of rotatable bonds is 4. The highest BCUT2D eigenvalue weighted by atomic mass is 32.2. The molecule has 1 aliphatic rings. The van der Waals surface area contributed by atoms with E-state index in [4.69, 9.17) is 0 Å². The minimum absolute atomic E-state index is 0.727. The summed E-state index contributed by atoms with van der Waals surface area (Å²) in [6.45, 7) is 1.00. The van der Waals surface area contributed by atoms with Crippen molar-refractivity contribution in [3.8, 4) is 0 Å². The van der Waals surface area contributed by atoms with Gasteiger partial charge in [0.15, 0.2) is 0 Å². The predicted molar refractivity (Wildman–Crippen MR) is 78.0 cm³/mol. The van der Waals surface area contributed by atoms with Gasteiger partial charge in [-0.3, -0.25) is 0 Å². The molecule has 1 N–H and O–H groups in total. The SMILES string of the molecule is CN(C)c1ccc(CNC2CCSCC2)cc1. The lowest BCUT2D eigenvalue weighted by Crippen LogP contribution is -2.32. The monoisotopic (exact) mass is 250 g/mol. The lowest BCUT2D eigenvalue weighted by Gasteiger charge is -2.22. The van der Waals surface area contributed by atoms with Crippen LogP contribution in [0, 0.1) is 0 Å². The van der Waals surface area contributed by atoms with Gasteiger partial charge in [0, 0.05) is 32.4 Å². The number of nitrogens with zero attached hydrogens (tertiary/aromatic N) is 1. The fourth-order valence-corrected chi connectivity index (χ4v) is 3.18. The number of nitrogens with one attached hydrogen (secondary N) is 1. The van der Waals surface area contributed by atoms with Crippen LogP contribution in [0.15, 0.2) is 24.3 Å². The first-order valence-corrected chi connectivity index (χ1v) is 7.48. The molecule has 1 saturated heterocycles. The van der Waals surface area contributed by atoms with Crippen molar-refractivity contribution in [2.45, 2.75) is 25.4 Å². The van der Waals surface area contributed by atoms with Crippen LogP contribution >= 0.6 is 11.8 Å². The van der Waals surface area contributed by atoms with Gasteiger partial charge in [-0.15, -0.1) is 0 Å². The number of thioether (sulfide) groups is 1. The second kappa shape index (κ2) is 6.31. The third-order valence-electron chi connectivity index (χ3n) is 3.27. The zero-order chi connectivity index (χ0) is 12.1. The molecule has 0 saturated carbocycles. The minimum atomic E-state index is 0.727. The van der Waals surface area contributed by atoms with E-state index in [2.05, 4.69) is 60.3 Å². The highest BCUT2D eigenvalue weighted by molar-refractivity contribution is 7.99. The normalized spacial score (nSPS) is 17.1. The largest absolute Gasteiger partial charge is 0.378 e. The van der Waals surface area contributed by atoms with Gasteiger partial charge in [-0.05, 0) is 42.0 Å². The Bertz CT molecular complexity index is 329. The zero-order valence-electron chi connectivity index (χ0n) is 10.8. The van der Waals surface area contributed by atoms with E-state index >= 15 is 0 Å². The quantitative estimate of drug-likeness (QED) is 0.884. The maximum Gasteiger partial charge on any atom is 0.0361 e. The number of hydrogen-bond donors (Lipinski definition) is 1. The van der Waals surface area contributed by atoms with Crippen LogP contribution in [0.1, 0.15) is 18.4 Å². The molecule has 94 valence electrons. The summed E-state index contributed by atoms with van der Waals surface area (Å²) in [4.78, 5) is 2.13. The average Bonchev–Trinajstić information content (AvgIpc) is 2.38.